The number of aromatic nitrogens is 2. The van der Waals surface area contributed by atoms with Gasteiger partial charge in [-0.1, -0.05) is 38.5 Å². The molecule has 162 valence electrons. The molecule has 2 aromatic rings. The summed E-state index contributed by atoms with van der Waals surface area (Å²) in [5.41, 5.74) is 4.41. The first-order valence-electron chi connectivity index (χ1n) is 10.4. The Bertz CT molecular complexity index is 912. The van der Waals surface area contributed by atoms with E-state index in [4.69, 9.17) is 0 Å². The predicted octanol–water partition coefficient (Wildman–Crippen LogP) is 4.82. The number of H-pyrrole nitrogens is 1. The smallest absolute Gasteiger partial charge is 0.131 e. The molecule has 5 nitrogen and oxygen atoms in total. The van der Waals surface area contributed by atoms with Gasteiger partial charge in [-0.15, -0.1) is 0 Å². The molecule has 1 fully saturated rings. The quantitative estimate of drug-likeness (QED) is 0.562. The molecule has 1 atom stereocenters. The lowest BCUT2D eigenvalue weighted by molar-refractivity contribution is -0.115. The van der Waals surface area contributed by atoms with Gasteiger partial charge in [-0.2, -0.15) is 0 Å². The third kappa shape index (κ3) is 4.88. The summed E-state index contributed by atoms with van der Waals surface area (Å²) in [6.45, 7) is 10.4. The van der Waals surface area contributed by atoms with Gasteiger partial charge in [-0.05, 0) is 54.5 Å². The lowest BCUT2D eigenvalue weighted by atomic mass is 9.71. The summed E-state index contributed by atoms with van der Waals surface area (Å²) in [5.74, 6) is 0.918. The van der Waals surface area contributed by atoms with Gasteiger partial charge in [0, 0.05) is 44.3 Å². The van der Waals surface area contributed by atoms with Crippen molar-refractivity contribution in [2.24, 2.45) is 5.41 Å². The van der Waals surface area contributed by atoms with Crippen LogP contribution in [0.4, 0.5) is 0 Å². The molecule has 4 rings (SSSR count). The summed E-state index contributed by atoms with van der Waals surface area (Å²) in [4.78, 5) is 21.3. The molecular formula is C24H33N3O2S. The highest BCUT2D eigenvalue weighted by atomic mass is 32.2. The molecule has 2 heterocycles. The molecular weight excluding hydrogens is 394 g/mol. The van der Waals surface area contributed by atoms with Crippen LogP contribution in [-0.2, 0) is 21.4 Å². The first kappa shape index (κ1) is 22.8. The number of aryl methyl sites for hydroxylation is 1. The normalized spacial score (nSPS) is 21.1. The molecule has 1 N–H and O–H groups in total. The molecule has 0 bridgehead atoms. The van der Waals surface area contributed by atoms with Gasteiger partial charge < -0.3 is 14.5 Å². The van der Waals surface area contributed by atoms with E-state index in [2.05, 4.69) is 70.1 Å². The van der Waals surface area contributed by atoms with Crippen molar-refractivity contribution in [3.63, 3.8) is 0 Å². The summed E-state index contributed by atoms with van der Waals surface area (Å²) in [7, 11) is 3.25. The lowest BCUT2D eigenvalue weighted by Crippen LogP contribution is -2.45. The molecule has 1 aromatic heterocycles. The number of rotatable bonds is 3. The Morgan fingerprint density at radius 2 is 1.90 bits per heavy atom. The molecule has 1 aromatic carbocycles. The van der Waals surface area contributed by atoms with E-state index in [1.54, 1.807) is 26.2 Å². The van der Waals surface area contributed by atoms with Gasteiger partial charge in [0.1, 0.15) is 12.1 Å². The number of ether oxygens (including phenoxy) is 1. The van der Waals surface area contributed by atoms with Crippen LogP contribution in [0.1, 0.15) is 50.0 Å². The van der Waals surface area contributed by atoms with Crippen molar-refractivity contribution in [2.45, 2.75) is 50.8 Å². The van der Waals surface area contributed by atoms with Crippen LogP contribution >= 0.6 is 11.9 Å². The number of nitrogens with one attached hydrogen (secondary N) is 1. The lowest BCUT2D eigenvalue weighted by Gasteiger charge is -2.42. The summed E-state index contributed by atoms with van der Waals surface area (Å²) >= 11 is 1.76. The number of imidazole rings is 1. The fourth-order valence-electron chi connectivity index (χ4n) is 4.07. The van der Waals surface area contributed by atoms with Crippen LogP contribution in [0.2, 0.25) is 0 Å². The second-order valence-corrected chi connectivity index (χ2v) is 10.4. The summed E-state index contributed by atoms with van der Waals surface area (Å²) in [6.07, 6.45) is 4.93. The number of aromatic amines is 1. The third-order valence-corrected chi connectivity index (χ3v) is 6.69. The van der Waals surface area contributed by atoms with E-state index in [0.717, 1.165) is 49.4 Å². The van der Waals surface area contributed by atoms with Gasteiger partial charge in [0.2, 0.25) is 0 Å². The standard InChI is InChI=1S/C22H27N3OS.C2H6O/c1-15-23-19-11-17-9-10-25(13-22(17,14-26)12-20(19)24-15)27-18-7-5-16(6-8-18)21(2,3)4;1-3-2/h5-8,11,14H,9-10,12-13H2,1-4H3,(H,23,24);1-2H3. The Hall–Kier alpha value is -1.89. The number of nitrogens with zero attached hydrogens (tertiary/aromatic N) is 2. The minimum absolute atomic E-state index is 0.164. The molecule has 0 spiro atoms. The first-order valence-corrected chi connectivity index (χ1v) is 11.1. The number of carbonyl (C=O) groups excluding carboxylic acids is 1. The second-order valence-electron chi connectivity index (χ2n) is 9.19. The van der Waals surface area contributed by atoms with Crippen molar-refractivity contribution in [3.05, 3.63) is 52.6 Å². The zero-order valence-corrected chi connectivity index (χ0v) is 19.7. The molecule has 1 unspecified atom stereocenters. The Kier molecular flexibility index (Phi) is 6.90. The number of hydrogen-bond donors (Lipinski definition) is 1. The van der Waals surface area contributed by atoms with E-state index < -0.39 is 5.41 Å². The molecule has 1 saturated heterocycles. The van der Waals surface area contributed by atoms with E-state index in [0.29, 0.717) is 0 Å². The largest absolute Gasteiger partial charge is 0.388 e. The number of hydrogen-bond acceptors (Lipinski definition) is 5. The van der Waals surface area contributed by atoms with Gasteiger partial charge in [0.25, 0.3) is 0 Å². The van der Waals surface area contributed by atoms with Crippen LogP contribution in [0.15, 0.2) is 34.7 Å². The van der Waals surface area contributed by atoms with Crippen molar-refractivity contribution in [2.75, 3.05) is 27.3 Å². The fourth-order valence-corrected chi connectivity index (χ4v) is 5.10. The van der Waals surface area contributed by atoms with E-state index in [-0.39, 0.29) is 5.41 Å². The van der Waals surface area contributed by atoms with Crippen molar-refractivity contribution < 1.29 is 9.53 Å². The number of piperidine rings is 1. The monoisotopic (exact) mass is 427 g/mol. The van der Waals surface area contributed by atoms with Crippen LogP contribution in [0.25, 0.3) is 6.08 Å². The predicted molar refractivity (Wildman–Crippen MR) is 124 cm³/mol. The molecule has 0 amide bonds. The number of benzene rings is 1. The maximum absolute atomic E-state index is 12.2. The Morgan fingerprint density at radius 3 is 2.50 bits per heavy atom. The molecule has 0 radical (unpaired) electrons. The minimum atomic E-state index is -0.428. The fraction of sp³-hybridized carbons (Fsp3) is 0.500. The van der Waals surface area contributed by atoms with Crippen LogP contribution in [0.5, 0.6) is 0 Å². The highest BCUT2D eigenvalue weighted by Gasteiger charge is 2.43. The van der Waals surface area contributed by atoms with Crippen molar-refractivity contribution in [3.8, 4) is 0 Å². The Balaban J connectivity index is 0.000000806. The number of methoxy groups -OCH3 is 1. The molecule has 1 aliphatic carbocycles. The van der Waals surface area contributed by atoms with Crippen molar-refractivity contribution in [1.82, 2.24) is 14.3 Å². The average Bonchev–Trinajstić information content (AvgIpc) is 3.04. The van der Waals surface area contributed by atoms with E-state index in [1.165, 1.54) is 16.0 Å². The van der Waals surface area contributed by atoms with Crippen LogP contribution in [0.3, 0.4) is 0 Å². The Morgan fingerprint density at radius 1 is 1.23 bits per heavy atom. The zero-order valence-electron chi connectivity index (χ0n) is 18.9. The maximum Gasteiger partial charge on any atom is 0.131 e. The van der Waals surface area contributed by atoms with Crippen LogP contribution < -0.4 is 0 Å². The van der Waals surface area contributed by atoms with Gasteiger partial charge in [0.15, 0.2) is 0 Å². The SMILES string of the molecule is COC.Cc1nc2c([nH]1)CC1(C=O)CN(Sc3ccc(C(C)(C)C)cc3)CCC1=C2. The van der Waals surface area contributed by atoms with Crippen molar-refractivity contribution >= 4 is 24.3 Å². The highest BCUT2D eigenvalue weighted by Crippen LogP contribution is 2.44. The molecule has 1 aliphatic heterocycles. The number of aldehydes is 1. The molecule has 2 aliphatic rings. The summed E-state index contributed by atoms with van der Waals surface area (Å²) < 4.78 is 6.59. The van der Waals surface area contributed by atoms with Gasteiger partial charge >= 0.3 is 0 Å². The second kappa shape index (κ2) is 9.08. The topological polar surface area (TPSA) is 58.2 Å². The molecule has 0 saturated carbocycles. The minimum Gasteiger partial charge on any atom is -0.388 e. The average molecular weight is 428 g/mol. The van der Waals surface area contributed by atoms with Crippen molar-refractivity contribution in [1.29, 1.82) is 0 Å². The maximum atomic E-state index is 12.2. The summed E-state index contributed by atoms with van der Waals surface area (Å²) in [6, 6.07) is 8.82. The molecule has 6 heteroatoms. The van der Waals surface area contributed by atoms with Crippen LogP contribution in [-0.4, -0.2) is 47.9 Å². The first-order chi connectivity index (χ1) is 14.2. The molecule has 30 heavy (non-hydrogen) atoms. The van der Waals surface area contributed by atoms with Gasteiger partial charge in [-0.25, -0.2) is 9.29 Å². The highest BCUT2D eigenvalue weighted by molar-refractivity contribution is 7.97. The number of fused-ring (bicyclic) bond motifs is 2. The van der Waals surface area contributed by atoms with Gasteiger partial charge in [-0.3, -0.25) is 0 Å². The zero-order chi connectivity index (χ0) is 21.9. The summed E-state index contributed by atoms with van der Waals surface area (Å²) in [5, 5.41) is 0. The van der Waals surface area contributed by atoms with Gasteiger partial charge in [0.05, 0.1) is 11.1 Å². The van der Waals surface area contributed by atoms with E-state index in [1.807, 2.05) is 6.92 Å². The van der Waals surface area contributed by atoms with E-state index in [9.17, 15) is 4.79 Å². The van der Waals surface area contributed by atoms with E-state index >= 15 is 0 Å². The Labute approximate surface area is 184 Å². The number of carbonyl (C=O) groups is 1. The van der Waals surface area contributed by atoms with Crippen LogP contribution in [0, 0.1) is 12.3 Å². The third-order valence-electron chi connectivity index (χ3n) is 5.64.